The number of nitrogens with one attached hydrogen (secondary N) is 1. The molecule has 0 aliphatic heterocycles. The first-order valence-electron chi connectivity index (χ1n) is 7.14. The first-order chi connectivity index (χ1) is 10.3. The lowest BCUT2D eigenvalue weighted by Gasteiger charge is -2.08. The number of aromatic nitrogens is 1. The molecule has 3 nitrogen and oxygen atoms in total. The van der Waals surface area contributed by atoms with Crippen LogP contribution in [-0.4, -0.2) is 16.6 Å². The van der Waals surface area contributed by atoms with Gasteiger partial charge >= 0.3 is 0 Å². The molecule has 3 aromatic rings. The summed E-state index contributed by atoms with van der Waals surface area (Å²) in [5, 5.41) is 13.9. The van der Waals surface area contributed by atoms with E-state index in [4.69, 9.17) is 0 Å². The number of fused-ring (bicyclic) bond motifs is 1. The quantitative estimate of drug-likeness (QED) is 0.704. The van der Waals surface area contributed by atoms with Crippen LogP contribution in [0.15, 0.2) is 60.8 Å². The van der Waals surface area contributed by atoms with Gasteiger partial charge in [-0.3, -0.25) is 4.98 Å². The van der Waals surface area contributed by atoms with E-state index in [0.717, 1.165) is 25.0 Å². The average molecular weight is 278 g/mol. The van der Waals surface area contributed by atoms with E-state index in [0.29, 0.717) is 5.75 Å². The van der Waals surface area contributed by atoms with Crippen molar-refractivity contribution >= 4 is 10.9 Å². The van der Waals surface area contributed by atoms with Crippen molar-refractivity contribution in [3.8, 4) is 5.75 Å². The smallest absolute Gasteiger partial charge is 0.115 e. The van der Waals surface area contributed by atoms with E-state index in [1.807, 2.05) is 24.4 Å². The zero-order chi connectivity index (χ0) is 14.5. The van der Waals surface area contributed by atoms with Gasteiger partial charge in [0.15, 0.2) is 0 Å². The molecule has 0 aliphatic carbocycles. The van der Waals surface area contributed by atoms with Crippen molar-refractivity contribution in [1.29, 1.82) is 0 Å². The fourth-order valence-corrected chi connectivity index (χ4v) is 2.43. The summed E-state index contributed by atoms with van der Waals surface area (Å²) in [7, 11) is 0. The third kappa shape index (κ3) is 3.38. The van der Waals surface area contributed by atoms with Crippen LogP contribution in [0.4, 0.5) is 0 Å². The Hall–Kier alpha value is -2.39. The Labute approximate surface area is 124 Å². The zero-order valence-corrected chi connectivity index (χ0v) is 11.8. The molecule has 106 valence electrons. The molecule has 21 heavy (non-hydrogen) atoms. The summed E-state index contributed by atoms with van der Waals surface area (Å²) in [5.74, 6) is 0.313. The van der Waals surface area contributed by atoms with E-state index in [1.54, 1.807) is 12.1 Å². The van der Waals surface area contributed by atoms with Gasteiger partial charge in [0.05, 0.1) is 5.52 Å². The molecule has 0 saturated carbocycles. The number of para-hydroxylation sites is 1. The van der Waals surface area contributed by atoms with Gasteiger partial charge in [0, 0.05) is 18.1 Å². The Bertz CT molecular complexity index is 717. The van der Waals surface area contributed by atoms with Gasteiger partial charge < -0.3 is 10.4 Å². The van der Waals surface area contributed by atoms with Crippen LogP contribution < -0.4 is 5.32 Å². The van der Waals surface area contributed by atoms with Crippen LogP contribution in [0.5, 0.6) is 5.75 Å². The van der Waals surface area contributed by atoms with Crippen LogP contribution in [0.2, 0.25) is 0 Å². The van der Waals surface area contributed by atoms with E-state index < -0.39 is 0 Å². The Morgan fingerprint density at radius 2 is 1.76 bits per heavy atom. The second-order valence-corrected chi connectivity index (χ2v) is 5.09. The summed E-state index contributed by atoms with van der Waals surface area (Å²) in [5.41, 5.74) is 3.51. The number of benzene rings is 2. The molecule has 0 saturated heterocycles. The second-order valence-electron chi connectivity index (χ2n) is 5.09. The number of pyridine rings is 1. The molecule has 0 amide bonds. The van der Waals surface area contributed by atoms with Crippen LogP contribution in [0.3, 0.4) is 0 Å². The number of hydrogen-bond donors (Lipinski definition) is 2. The van der Waals surface area contributed by atoms with Gasteiger partial charge in [0.25, 0.3) is 0 Å². The summed E-state index contributed by atoms with van der Waals surface area (Å²) in [4.78, 5) is 4.46. The van der Waals surface area contributed by atoms with E-state index in [2.05, 4.69) is 34.6 Å². The lowest BCUT2D eigenvalue weighted by Crippen LogP contribution is -2.17. The molecular formula is C18H18N2O. The highest BCUT2D eigenvalue weighted by Crippen LogP contribution is 2.15. The maximum absolute atomic E-state index is 9.25. The normalized spacial score (nSPS) is 10.9. The van der Waals surface area contributed by atoms with Crippen molar-refractivity contribution in [3.63, 3.8) is 0 Å². The third-order valence-corrected chi connectivity index (χ3v) is 3.56. The minimum atomic E-state index is 0.313. The lowest BCUT2D eigenvalue weighted by atomic mass is 10.1. The Kier molecular flexibility index (Phi) is 4.12. The van der Waals surface area contributed by atoms with Gasteiger partial charge in [-0.25, -0.2) is 0 Å². The van der Waals surface area contributed by atoms with Gasteiger partial charge in [-0.15, -0.1) is 0 Å². The first-order valence-corrected chi connectivity index (χ1v) is 7.14. The molecule has 0 aliphatic rings. The van der Waals surface area contributed by atoms with Crippen LogP contribution >= 0.6 is 0 Å². The largest absolute Gasteiger partial charge is 0.508 e. The van der Waals surface area contributed by atoms with E-state index in [1.165, 1.54) is 16.5 Å². The highest BCUT2D eigenvalue weighted by Gasteiger charge is 2.01. The number of rotatable bonds is 5. The van der Waals surface area contributed by atoms with E-state index in [9.17, 15) is 5.11 Å². The fourth-order valence-electron chi connectivity index (χ4n) is 2.43. The van der Waals surface area contributed by atoms with Crippen molar-refractivity contribution in [2.45, 2.75) is 13.0 Å². The van der Waals surface area contributed by atoms with Gasteiger partial charge in [-0.1, -0.05) is 36.4 Å². The topological polar surface area (TPSA) is 45.1 Å². The summed E-state index contributed by atoms with van der Waals surface area (Å²) in [6, 6.07) is 17.7. The highest BCUT2D eigenvalue weighted by molar-refractivity contribution is 5.81. The molecule has 0 spiro atoms. The summed E-state index contributed by atoms with van der Waals surface area (Å²) >= 11 is 0. The van der Waals surface area contributed by atoms with Crippen LogP contribution in [0.25, 0.3) is 10.9 Å². The standard InChI is InChI=1S/C18H18N2O/c21-17-8-6-14(7-9-17)10-12-19-13-16-4-1-3-15-5-2-11-20-18(15)16/h1-9,11,19,21H,10,12-13H2. The Balaban J connectivity index is 1.58. The zero-order valence-electron chi connectivity index (χ0n) is 11.8. The molecule has 1 aromatic heterocycles. The summed E-state index contributed by atoms with van der Waals surface area (Å²) in [6.45, 7) is 1.71. The molecule has 0 unspecified atom stereocenters. The Morgan fingerprint density at radius 3 is 2.62 bits per heavy atom. The third-order valence-electron chi connectivity index (χ3n) is 3.56. The monoisotopic (exact) mass is 278 g/mol. The van der Waals surface area contributed by atoms with Gasteiger partial charge in [-0.05, 0) is 42.3 Å². The predicted molar refractivity (Wildman–Crippen MR) is 85.3 cm³/mol. The molecule has 1 heterocycles. The number of nitrogens with zero attached hydrogens (tertiary/aromatic N) is 1. The minimum absolute atomic E-state index is 0.313. The van der Waals surface area contributed by atoms with Crippen molar-refractivity contribution in [3.05, 3.63) is 71.9 Å². The molecule has 2 aromatic carbocycles. The molecule has 2 N–H and O–H groups in total. The summed E-state index contributed by atoms with van der Waals surface area (Å²) < 4.78 is 0. The van der Waals surface area contributed by atoms with Crippen LogP contribution in [0.1, 0.15) is 11.1 Å². The maximum atomic E-state index is 9.25. The second kappa shape index (κ2) is 6.37. The lowest BCUT2D eigenvalue weighted by molar-refractivity contribution is 0.475. The van der Waals surface area contributed by atoms with Crippen molar-refractivity contribution in [2.24, 2.45) is 0 Å². The predicted octanol–water partition coefficient (Wildman–Crippen LogP) is 3.27. The van der Waals surface area contributed by atoms with Gasteiger partial charge in [0.1, 0.15) is 5.75 Å². The van der Waals surface area contributed by atoms with Crippen LogP contribution in [0, 0.1) is 0 Å². The van der Waals surface area contributed by atoms with Crippen molar-refractivity contribution in [2.75, 3.05) is 6.54 Å². The minimum Gasteiger partial charge on any atom is -0.508 e. The molecule has 3 heteroatoms. The van der Waals surface area contributed by atoms with Gasteiger partial charge in [-0.2, -0.15) is 0 Å². The number of aromatic hydroxyl groups is 1. The first kappa shape index (κ1) is 13.6. The molecule has 0 atom stereocenters. The van der Waals surface area contributed by atoms with Crippen molar-refractivity contribution in [1.82, 2.24) is 10.3 Å². The highest BCUT2D eigenvalue weighted by atomic mass is 16.3. The van der Waals surface area contributed by atoms with E-state index >= 15 is 0 Å². The number of hydrogen-bond acceptors (Lipinski definition) is 3. The fraction of sp³-hybridized carbons (Fsp3) is 0.167. The maximum Gasteiger partial charge on any atom is 0.115 e. The molecule has 0 fully saturated rings. The molecule has 0 bridgehead atoms. The number of phenolic OH excluding ortho intramolecular Hbond substituents is 1. The van der Waals surface area contributed by atoms with Gasteiger partial charge in [0.2, 0.25) is 0 Å². The average Bonchev–Trinajstić information content (AvgIpc) is 2.53. The van der Waals surface area contributed by atoms with Crippen molar-refractivity contribution < 1.29 is 5.11 Å². The number of phenols is 1. The SMILES string of the molecule is Oc1ccc(CCNCc2cccc3cccnc23)cc1. The Morgan fingerprint density at radius 1 is 0.952 bits per heavy atom. The van der Waals surface area contributed by atoms with E-state index in [-0.39, 0.29) is 0 Å². The summed E-state index contributed by atoms with van der Waals surface area (Å²) in [6.07, 6.45) is 2.78. The molecule has 3 rings (SSSR count). The van der Waals surface area contributed by atoms with Crippen LogP contribution in [-0.2, 0) is 13.0 Å². The molecular weight excluding hydrogens is 260 g/mol. The molecule has 0 radical (unpaired) electrons.